The van der Waals surface area contributed by atoms with E-state index in [4.69, 9.17) is 53.7 Å². The highest BCUT2D eigenvalue weighted by Crippen LogP contribution is 2.49. The minimum Gasteiger partial charge on any atom is -0.455 e. The van der Waals surface area contributed by atoms with Crippen molar-refractivity contribution < 1.29 is 8.83 Å². The summed E-state index contributed by atoms with van der Waals surface area (Å²) in [4.78, 5) is 45.0. The second-order valence-corrected chi connectivity index (χ2v) is 37.5. The zero-order chi connectivity index (χ0) is 97.5. The van der Waals surface area contributed by atoms with E-state index in [0.29, 0.717) is 52.4 Å². The fourth-order valence-corrected chi connectivity index (χ4v) is 21.5. The first-order chi connectivity index (χ1) is 72.8. The molecule has 28 aromatic rings. The van der Waals surface area contributed by atoms with Crippen LogP contribution in [0.25, 0.3) is 277 Å². The van der Waals surface area contributed by atoms with Gasteiger partial charge in [0.05, 0.1) is 0 Å². The molecule has 12 heteroatoms. The molecular weight excluding hydrogens is 1810 g/mol. The summed E-state index contributed by atoms with van der Waals surface area (Å²) in [5.74, 6) is 5.76. The number of fused-ring (bicyclic) bond motifs is 15. The van der Waals surface area contributed by atoms with Crippen molar-refractivity contribution in [1.29, 1.82) is 0 Å². The third-order valence-corrected chi connectivity index (χ3v) is 28.7. The van der Waals surface area contributed by atoms with Crippen molar-refractivity contribution in [2.75, 3.05) is 0 Å². The van der Waals surface area contributed by atoms with Crippen LogP contribution in [0.1, 0.15) is 0 Å². The number of rotatable bonds is 16. The molecule has 688 valence electrons. The number of furan rings is 2. The van der Waals surface area contributed by atoms with Crippen molar-refractivity contribution in [3.63, 3.8) is 0 Å². The van der Waals surface area contributed by atoms with E-state index in [9.17, 15) is 0 Å². The molecule has 0 aliphatic carbocycles. The molecule has 28 rings (SSSR count). The Morgan fingerprint density at radius 3 is 0.776 bits per heavy atom. The van der Waals surface area contributed by atoms with Crippen LogP contribution >= 0.6 is 11.3 Å². The first-order valence-corrected chi connectivity index (χ1v) is 50.0. The molecule has 0 fully saturated rings. The quantitative estimate of drug-likeness (QED) is 0.0853. The van der Waals surface area contributed by atoms with Gasteiger partial charge in [-0.3, -0.25) is 0 Å². The molecule has 0 bridgehead atoms. The van der Waals surface area contributed by atoms with Crippen molar-refractivity contribution in [2.24, 2.45) is 0 Å². The Balaban J connectivity index is 0.000000112. The van der Waals surface area contributed by atoms with Gasteiger partial charge in [-0.15, -0.1) is 11.3 Å². The molecule has 0 N–H and O–H groups in total. The smallest absolute Gasteiger partial charge is 0.165 e. The van der Waals surface area contributed by atoms with Crippen LogP contribution in [0.5, 0.6) is 0 Å². The van der Waals surface area contributed by atoms with E-state index in [0.717, 1.165) is 127 Å². The van der Waals surface area contributed by atoms with E-state index in [2.05, 4.69) is 303 Å². The van der Waals surface area contributed by atoms with Gasteiger partial charge in [-0.1, -0.05) is 455 Å². The number of para-hydroxylation sites is 2. The predicted octanol–water partition coefficient (Wildman–Crippen LogP) is 35.9. The lowest BCUT2D eigenvalue weighted by atomic mass is 9.91. The summed E-state index contributed by atoms with van der Waals surface area (Å²) >= 11 is 1.81. The zero-order valence-electron chi connectivity index (χ0n) is 79.3. The van der Waals surface area contributed by atoms with Gasteiger partial charge in [-0.05, 0) is 160 Å². The highest BCUT2D eigenvalue weighted by atomic mass is 32.1. The minimum absolute atomic E-state index is 0.610. The van der Waals surface area contributed by atoms with Crippen LogP contribution in [-0.2, 0) is 0 Å². The number of hydrogen-bond acceptors (Lipinski definition) is 12. The average molecular weight is 1900 g/mol. The number of aromatic nitrogens is 9. The standard InChI is InChI=1S/C45H27N3O.C45H29N3O.C45H29N3S/c1-3-13-28(14-4-1)43-46-44(29-15-5-2-6-16-29)48-45(47-43)31-26-38(42-40(27-31)37-21-11-12-22-41(37)49-42)30-23-24-36-34-19-8-7-17-32(34)33-18-9-10-20-35(33)39(36)25-30;1-4-13-30(14-5-1)31-23-25-32(26-24-31)37-28-39(42-40(29-37)38-21-10-11-22-41(38)49-42)35-19-12-20-36(27-35)45-47-43(33-15-6-2-7-16-33)46-44(48-45)34-17-8-3-9-18-34;1-4-13-30(14-5-1)31-25-27-32(28-26-31)35-19-10-20-36(29-35)37-21-11-22-38-39-23-12-24-40(42(39)49-41(37)38)45-47-43(33-15-6-2-7-16-33)46-44(48-45)34-17-8-3-9-18-34/h1-27H;2*1-29H. The summed E-state index contributed by atoms with van der Waals surface area (Å²) in [6, 6.07) is 179. The maximum atomic E-state index is 6.63. The summed E-state index contributed by atoms with van der Waals surface area (Å²) in [7, 11) is 0. The number of hydrogen-bond donors (Lipinski definition) is 0. The van der Waals surface area contributed by atoms with E-state index in [-0.39, 0.29) is 0 Å². The molecule has 6 heterocycles. The first-order valence-electron chi connectivity index (χ1n) is 49.2. The minimum atomic E-state index is 0.610. The summed E-state index contributed by atoms with van der Waals surface area (Å²) in [6.07, 6.45) is 0. The molecule has 0 spiro atoms. The highest BCUT2D eigenvalue weighted by molar-refractivity contribution is 7.26. The SMILES string of the molecule is c1ccc(-c2ccc(-c3cc(-c4cccc(-c5nc(-c6ccccc6)nc(-c6ccccc6)n5)c4)c4oc5ccccc5c4c3)cc2)cc1.c1ccc(-c2ccc(-c3cccc(-c4cccc5c4sc4c(-c6nc(-c7ccccc7)nc(-c7ccccc7)n6)cccc45)c3)cc2)cc1.c1ccc(-c2nc(-c3ccccc3)nc(-c3cc(-c4ccc5c6ccccc6c6ccccc6c5c4)c4oc5ccccc5c4c3)n2)cc1. The van der Waals surface area contributed by atoms with Crippen LogP contribution < -0.4 is 0 Å². The Hall–Kier alpha value is -19.5. The molecule has 11 nitrogen and oxygen atoms in total. The van der Waals surface area contributed by atoms with Crippen LogP contribution in [0.2, 0.25) is 0 Å². The monoisotopic (exact) mass is 1900 g/mol. The second-order valence-electron chi connectivity index (χ2n) is 36.5. The molecule has 0 saturated carbocycles. The van der Waals surface area contributed by atoms with Gasteiger partial charge < -0.3 is 8.83 Å². The van der Waals surface area contributed by atoms with Gasteiger partial charge >= 0.3 is 0 Å². The summed E-state index contributed by atoms with van der Waals surface area (Å²) in [6.45, 7) is 0. The van der Waals surface area contributed by atoms with Crippen LogP contribution in [0.4, 0.5) is 0 Å². The number of benzene rings is 22. The lowest BCUT2D eigenvalue weighted by Gasteiger charge is -2.13. The third-order valence-electron chi connectivity index (χ3n) is 27.4. The van der Waals surface area contributed by atoms with E-state index >= 15 is 0 Å². The fraction of sp³-hybridized carbons (Fsp3) is 0. The van der Waals surface area contributed by atoms with Gasteiger partial charge in [0, 0.05) is 103 Å². The molecule has 22 aromatic carbocycles. The second kappa shape index (κ2) is 38.5. The largest absolute Gasteiger partial charge is 0.455 e. The summed E-state index contributed by atoms with van der Waals surface area (Å²) in [5, 5.41) is 14.1. The normalized spacial score (nSPS) is 11.4. The molecular formula is C135H85N9O2S. The molecule has 0 radical (unpaired) electrons. The van der Waals surface area contributed by atoms with Crippen LogP contribution in [0.3, 0.4) is 0 Å². The van der Waals surface area contributed by atoms with Crippen molar-refractivity contribution >= 4 is 108 Å². The Morgan fingerprint density at radius 1 is 0.122 bits per heavy atom. The maximum absolute atomic E-state index is 6.63. The summed E-state index contributed by atoms with van der Waals surface area (Å²) in [5.41, 5.74) is 27.9. The summed E-state index contributed by atoms with van der Waals surface area (Å²) < 4.78 is 15.6. The molecule has 0 aliphatic heterocycles. The number of nitrogens with zero attached hydrogens (tertiary/aromatic N) is 9. The molecule has 0 saturated heterocycles. The fourth-order valence-electron chi connectivity index (χ4n) is 20.1. The van der Waals surface area contributed by atoms with Crippen LogP contribution in [-0.4, -0.2) is 44.9 Å². The molecule has 6 aromatic heterocycles. The van der Waals surface area contributed by atoms with E-state index in [1.807, 2.05) is 224 Å². The molecule has 0 aliphatic rings. The topological polar surface area (TPSA) is 142 Å². The van der Waals surface area contributed by atoms with E-state index in [1.54, 1.807) is 0 Å². The molecule has 147 heavy (non-hydrogen) atoms. The maximum Gasteiger partial charge on any atom is 0.165 e. The molecule has 0 amide bonds. The van der Waals surface area contributed by atoms with Crippen molar-refractivity contribution in [3.05, 3.63) is 516 Å². The van der Waals surface area contributed by atoms with Crippen LogP contribution in [0, 0.1) is 0 Å². The Bertz CT molecular complexity index is 9620. The highest BCUT2D eigenvalue weighted by Gasteiger charge is 2.25. The number of thiophene rings is 1. The Labute approximate surface area is 851 Å². The van der Waals surface area contributed by atoms with Gasteiger partial charge in [0.2, 0.25) is 0 Å². The van der Waals surface area contributed by atoms with Gasteiger partial charge in [0.1, 0.15) is 22.3 Å². The van der Waals surface area contributed by atoms with Gasteiger partial charge in [0.15, 0.2) is 52.4 Å². The van der Waals surface area contributed by atoms with Gasteiger partial charge in [-0.25, -0.2) is 44.9 Å². The molecule has 0 atom stereocenters. The van der Waals surface area contributed by atoms with E-state index in [1.165, 1.54) is 97.0 Å². The average Bonchev–Trinajstić information content (AvgIpc) is 1.68. The van der Waals surface area contributed by atoms with Crippen molar-refractivity contribution in [3.8, 4) is 180 Å². The van der Waals surface area contributed by atoms with E-state index < -0.39 is 0 Å². The van der Waals surface area contributed by atoms with Gasteiger partial charge in [-0.2, -0.15) is 0 Å². The predicted molar refractivity (Wildman–Crippen MR) is 606 cm³/mol. The Morgan fingerprint density at radius 2 is 0.361 bits per heavy atom. The molecule has 0 unspecified atom stereocenters. The Kier molecular flexibility index (Phi) is 23.0. The van der Waals surface area contributed by atoms with Gasteiger partial charge in [0.25, 0.3) is 0 Å². The first kappa shape index (κ1) is 87.7. The lowest BCUT2D eigenvalue weighted by molar-refractivity contribution is 0.669. The zero-order valence-corrected chi connectivity index (χ0v) is 80.1. The van der Waals surface area contributed by atoms with Crippen molar-refractivity contribution in [1.82, 2.24) is 44.9 Å². The third kappa shape index (κ3) is 17.2. The lowest BCUT2D eigenvalue weighted by Crippen LogP contribution is -2.00. The van der Waals surface area contributed by atoms with Crippen LogP contribution in [0.15, 0.2) is 524 Å². The van der Waals surface area contributed by atoms with Crippen molar-refractivity contribution in [2.45, 2.75) is 0 Å².